The van der Waals surface area contributed by atoms with Crippen molar-refractivity contribution in [2.45, 2.75) is 20.4 Å². The lowest BCUT2D eigenvalue weighted by Crippen LogP contribution is -2.48. The van der Waals surface area contributed by atoms with Gasteiger partial charge in [0.2, 0.25) is 0 Å². The molecule has 6 nitrogen and oxygen atoms in total. The Morgan fingerprint density at radius 3 is 2.46 bits per heavy atom. The first-order valence-electron chi connectivity index (χ1n) is 9.65. The number of nitrogens with zero attached hydrogens (tertiary/aromatic N) is 5. The van der Waals surface area contributed by atoms with E-state index in [0.717, 1.165) is 55.4 Å². The smallest absolute Gasteiger partial charge is 0.257 e. The molecule has 1 amide bonds. The van der Waals surface area contributed by atoms with Crippen LogP contribution in [0.4, 0.5) is 0 Å². The molecule has 0 saturated carbocycles. The number of hydrogen-bond acceptors (Lipinski definition) is 4. The summed E-state index contributed by atoms with van der Waals surface area (Å²) in [6, 6.07) is 14.1. The summed E-state index contributed by atoms with van der Waals surface area (Å²) in [5, 5.41) is 4.48. The largest absolute Gasteiger partial charge is 0.336 e. The standard InChI is InChI=1S/C22H25N5O/c1-17-7-3-4-9-21(17)27-18(2)20(15-24-27)22(28)26-13-11-25(12-14-26)16-19-8-5-6-10-23-19/h3-10,15H,11-14,16H2,1-2H3. The van der Waals surface area contributed by atoms with Gasteiger partial charge in [0.05, 0.1) is 28.8 Å². The minimum Gasteiger partial charge on any atom is -0.336 e. The fourth-order valence-electron chi connectivity index (χ4n) is 3.66. The molecule has 1 saturated heterocycles. The maximum Gasteiger partial charge on any atom is 0.257 e. The number of hydrogen-bond donors (Lipinski definition) is 0. The second-order valence-corrected chi connectivity index (χ2v) is 7.23. The van der Waals surface area contributed by atoms with Gasteiger partial charge in [-0.2, -0.15) is 5.10 Å². The number of rotatable bonds is 4. The molecule has 1 aromatic carbocycles. The lowest BCUT2D eigenvalue weighted by atomic mass is 10.1. The van der Waals surface area contributed by atoms with Crippen molar-refractivity contribution < 1.29 is 4.79 Å². The third-order valence-electron chi connectivity index (χ3n) is 5.36. The molecule has 0 aliphatic carbocycles. The van der Waals surface area contributed by atoms with E-state index in [-0.39, 0.29) is 5.91 Å². The monoisotopic (exact) mass is 375 g/mol. The van der Waals surface area contributed by atoms with Gasteiger partial charge in [0.25, 0.3) is 5.91 Å². The molecule has 0 atom stereocenters. The zero-order chi connectivity index (χ0) is 19.5. The van der Waals surface area contributed by atoms with Crippen molar-refractivity contribution >= 4 is 5.91 Å². The van der Waals surface area contributed by atoms with Crippen molar-refractivity contribution in [2.75, 3.05) is 26.2 Å². The van der Waals surface area contributed by atoms with Gasteiger partial charge in [0, 0.05) is 38.9 Å². The SMILES string of the molecule is Cc1ccccc1-n1ncc(C(=O)N2CCN(Cc3ccccn3)CC2)c1C. The van der Waals surface area contributed by atoms with Gasteiger partial charge in [-0.1, -0.05) is 24.3 Å². The fourth-order valence-corrected chi connectivity index (χ4v) is 3.66. The van der Waals surface area contributed by atoms with E-state index in [0.29, 0.717) is 5.56 Å². The molecule has 1 fully saturated rings. The first-order valence-corrected chi connectivity index (χ1v) is 9.65. The molecule has 4 rings (SSSR count). The van der Waals surface area contributed by atoms with Crippen LogP contribution < -0.4 is 0 Å². The van der Waals surface area contributed by atoms with Gasteiger partial charge in [0.15, 0.2) is 0 Å². The number of carbonyl (C=O) groups excluding carboxylic acids is 1. The summed E-state index contributed by atoms with van der Waals surface area (Å²) in [4.78, 5) is 21.7. The Kier molecular flexibility index (Phi) is 5.21. The number of para-hydroxylation sites is 1. The normalized spacial score (nSPS) is 15.0. The lowest BCUT2D eigenvalue weighted by molar-refractivity contribution is 0.0626. The lowest BCUT2D eigenvalue weighted by Gasteiger charge is -2.34. The van der Waals surface area contributed by atoms with Crippen molar-refractivity contribution in [3.63, 3.8) is 0 Å². The molecule has 3 heterocycles. The van der Waals surface area contributed by atoms with E-state index in [9.17, 15) is 4.79 Å². The zero-order valence-electron chi connectivity index (χ0n) is 16.4. The van der Waals surface area contributed by atoms with Gasteiger partial charge in [-0.3, -0.25) is 14.7 Å². The van der Waals surface area contributed by atoms with Crippen molar-refractivity contribution in [1.29, 1.82) is 0 Å². The number of aromatic nitrogens is 3. The fraction of sp³-hybridized carbons (Fsp3) is 0.318. The van der Waals surface area contributed by atoms with Crippen LogP contribution >= 0.6 is 0 Å². The molecule has 0 unspecified atom stereocenters. The van der Waals surface area contributed by atoms with Crippen molar-refractivity contribution in [2.24, 2.45) is 0 Å². The second kappa shape index (κ2) is 7.94. The summed E-state index contributed by atoms with van der Waals surface area (Å²) in [5.41, 5.74) is 4.78. The highest BCUT2D eigenvalue weighted by molar-refractivity contribution is 5.95. The van der Waals surface area contributed by atoms with Crippen LogP contribution in [0.1, 0.15) is 27.3 Å². The summed E-state index contributed by atoms with van der Waals surface area (Å²) in [5.74, 6) is 0.0646. The van der Waals surface area contributed by atoms with Gasteiger partial charge in [0.1, 0.15) is 0 Å². The molecule has 1 aliphatic rings. The number of pyridine rings is 1. The Morgan fingerprint density at radius 1 is 1.00 bits per heavy atom. The quantitative estimate of drug-likeness (QED) is 0.704. The van der Waals surface area contributed by atoms with Crippen molar-refractivity contribution in [3.05, 3.63) is 77.4 Å². The minimum atomic E-state index is 0.0646. The van der Waals surface area contributed by atoms with E-state index < -0.39 is 0 Å². The van der Waals surface area contributed by atoms with Crippen LogP contribution in [0.2, 0.25) is 0 Å². The van der Waals surface area contributed by atoms with Crippen LogP contribution in [0.3, 0.4) is 0 Å². The predicted octanol–water partition coefficient (Wildman–Crippen LogP) is 2.84. The Labute approximate surface area is 165 Å². The second-order valence-electron chi connectivity index (χ2n) is 7.23. The predicted molar refractivity (Wildman–Crippen MR) is 108 cm³/mol. The zero-order valence-corrected chi connectivity index (χ0v) is 16.4. The Morgan fingerprint density at radius 2 is 1.75 bits per heavy atom. The molecular formula is C22H25N5O. The van der Waals surface area contributed by atoms with E-state index >= 15 is 0 Å². The van der Waals surface area contributed by atoms with Gasteiger partial charge in [-0.25, -0.2) is 4.68 Å². The molecular weight excluding hydrogens is 350 g/mol. The molecule has 0 N–H and O–H groups in total. The Hall–Kier alpha value is -2.99. The summed E-state index contributed by atoms with van der Waals surface area (Å²) >= 11 is 0. The number of carbonyl (C=O) groups is 1. The van der Waals surface area contributed by atoms with Crippen LogP contribution in [0, 0.1) is 13.8 Å². The summed E-state index contributed by atoms with van der Waals surface area (Å²) < 4.78 is 1.86. The maximum absolute atomic E-state index is 13.1. The van der Waals surface area contributed by atoms with Crippen LogP contribution in [-0.4, -0.2) is 56.7 Å². The van der Waals surface area contributed by atoms with Gasteiger partial charge >= 0.3 is 0 Å². The molecule has 144 valence electrons. The number of piperazine rings is 1. The number of aryl methyl sites for hydroxylation is 1. The Bertz CT molecular complexity index is 958. The van der Waals surface area contributed by atoms with Crippen molar-refractivity contribution in [3.8, 4) is 5.69 Å². The average molecular weight is 375 g/mol. The molecule has 28 heavy (non-hydrogen) atoms. The maximum atomic E-state index is 13.1. The molecule has 1 aliphatic heterocycles. The topological polar surface area (TPSA) is 54.3 Å². The van der Waals surface area contributed by atoms with Gasteiger partial charge < -0.3 is 4.90 Å². The molecule has 3 aromatic rings. The average Bonchev–Trinajstić information content (AvgIpc) is 3.10. The molecule has 6 heteroatoms. The van der Waals surface area contributed by atoms with E-state index in [1.54, 1.807) is 6.20 Å². The molecule has 0 spiro atoms. The first kappa shape index (κ1) is 18.4. The van der Waals surface area contributed by atoms with Crippen LogP contribution in [0.5, 0.6) is 0 Å². The highest BCUT2D eigenvalue weighted by atomic mass is 16.2. The molecule has 0 bridgehead atoms. The van der Waals surface area contributed by atoms with Crippen LogP contribution in [0.25, 0.3) is 5.69 Å². The van der Waals surface area contributed by atoms with Crippen molar-refractivity contribution in [1.82, 2.24) is 24.6 Å². The first-order chi connectivity index (χ1) is 13.6. The number of amides is 1. The van der Waals surface area contributed by atoms with Crippen LogP contribution in [0.15, 0.2) is 54.9 Å². The van der Waals surface area contributed by atoms with Gasteiger partial charge in [-0.05, 0) is 37.6 Å². The number of benzene rings is 1. The summed E-state index contributed by atoms with van der Waals surface area (Å²) in [6.45, 7) is 8.00. The molecule has 2 aromatic heterocycles. The molecule has 0 radical (unpaired) electrons. The summed E-state index contributed by atoms with van der Waals surface area (Å²) in [7, 11) is 0. The minimum absolute atomic E-state index is 0.0646. The highest BCUT2D eigenvalue weighted by Gasteiger charge is 2.25. The van der Waals surface area contributed by atoms with E-state index in [1.807, 2.05) is 59.1 Å². The third kappa shape index (κ3) is 3.68. The van der Waals surface area contributed by atoms with Gasteiger partial charge in [-0.15, -0.1) is 0 Å². The highest BCUT2D eigenvalue weighted by Crippen LogP contribution is 2.19. The Balaban J connectivity index is 1.43. The third-order valence-corrected chi connectivity index (χ3v) is 5.36. The van der Waals surface area contributed by atoms with E-state index in [4.69, 9.17) is 0 Å². The summed E-state index contributed by atoms with van der Waals surface area (Å²) in [6.07, 6.45) is 3.52. The van der Waals surface area contributed by atoms with E-state index in [1.165, 1.54) is 0 Å². The van der Waals surface area contributed by atoms with Crippen LogP contribution in [-0.2, 0) is 6.54 Å². The van der Waals surface area contributed by atoms with E-state index in [2.05, 4.69) is 28.0 Å².